The summed E-state index contributed by atoms with van der Waals surface area (Å²) in [7, 11) is 0. The molecule has 3 heteroatoms. The number of thiophene rings is 1. The Bertz CT molecular complexity index is 493. The molecule has 2 aromatic rings. The van der Waals surface area contributed by atoms with Crippen LogP contribution in [0.3, 0.4) is 0 Å². The minimum atomic E-state index is -0.434. The van der Waals surface area contributed by atoms with Gasteiger partial charge in [-0.15, -0.1) is 11.3 Å². The molecule has 0 saturated heterocycles. The molecule has 96 valence electrons. The number of rotatable bonds is 5. The SMILES string of the molecule is CCc1ccc(NCC(O)c2cccs2)cc1C. The smallest absolute Gasteiger partial charge is 0.105 e. The highest BCUT2D eigenvalue weighted by atomic mass is 32.1. The molecule has 0 bridgehead atoms. The van der Waals surface area contributed by atoms with Crippen LogP contribution in [0, 0.1) is 6.92 Å². The van der Waals surface area contributed by atoms with Crippen LogP contribution in [0.5, 0.6) is 0 Å². The molecule has 1 unspecified atom stereocenters. The third-order valence-electron chi connectivity index (χ3n) is 3.09. The first-order chi connectivity index (χ1) is 8.70. The molecule has 0 radical (unpaired) electrons. The van der Waals surface area contributed by atoms with Crippen LogP contribution in [0.15, 0.2) is 35.7 Å². The molecule has 1 aromatic heterocycles. The predicted molar refractivity (Wildman–Crippen MR) is 78.3 cm³/mol. The Morgan fingerprint density at radius 2 is 2.17 bits per heavy atom. The van der Waals surface area contributed by atoms with Gasteiger partial charge >= 0.3 is 0 Å². The Morgan fingerprint density at radius 3 is 2.78 bits per heavy atom. The summed E-state index contributed by atoms with van der Waals surface area (Å²) in [5, 5.41) is 15.3. The average Bonchev–Trinajstić information content (AvgIpc) is 2.90. The van der Waals surface area contributed by atoms with Gasteiger partial charge in [0.05, 0.1) is 0 Å². The summed E-state index contributed by atoms with van der Waals surface area (Å²) in [4.78, 5) is 1.00. The van der Waals surface area contributed by atoms with Gasteiger partial charge in [0.25, 0.3) is 0 Å². The van der Waals surface area contributed by atoms with E-state index >= 15 is 0 Å². The Morgan fingerprint density at radius 1 is 1.33 bits per heavy atom. The number of hydrogen-bond donors (Lipinski definition) is 2. The van der Waals surface area contributed by atoms with Crippen LogP contribution in [0.4, 0.5) is 5.69 Å². The summed E-state index contributed by atoms with van der Waals surface area (Å²) in [6.45, 7) is 4.83. The number of hydrogen-bond acceptors (Lipinski definition) is 3. The minimum absolute atomic E-state index is 0.434. The van der Waals surface area contributed by atoms with Crippen molar-refractivity contribution < 1.29 is 5.11 Å². The van der Waals surface area contributed by atoms with Crippen LogP contribution in [0.1, 0.15) is 29.0 Å². The van der Waals surface area contributed by atoms with E-state index in [4.69, 9.17) is 0 Å². The first-order valence-electron chi connectivity index (χ1n) is 6.25. The van der Waals surface area contributed by atoms with Gasteiger partial charge in [0.2, 0.25) is 0 Å². The van der Waals surface area contributed by atoms with Gasteiger partial charge in [-0.3, -0.25) is 0 Å². The van der Waals surface area contributed by atoms with Crippen molar-refractivity contribution in [2.45, 2.75) is 26.4 Å². The maximum Gasteiger partial charge on any atom is 0.105 e. The first kappa shape index (κ1) is 13.1. The molecule has 2 N–H and O–H groups in total. The van der Waals surface area contributed by atoms with Crippen LogP contribution in [0.2, 0.25) is 0 Å². The molecule has 18 heavy (non-hydrogen) atoms. The molecule has 0 aliphatic heterocycles. The second-order valence-corrected chi connectivity index (χ2v) is 5.39. The van der Waals surface area contributed by atoms with Crippen LogP contribution in [-0.4, -0.2) is 11.7 Å². The van der Waals surface area contributed by atoms with E-state index in [0.717, 1.165) is 17.0 Å². The van der Waals surface area contributed by atoms with E-state index in [1.54, 1.807) is 11.3 Å². The lowest BCUT2D eigenvalue weighted by Crippen LogP contribution is -2.11. The summed E-state index contributed by atoms with van der Waals surface area (Å²) in [6.07, 6.45) is 0.625. The van der Waals surface area contributed by atoms with E-state index in [-0.39, 0.29) is 0 Å². The van der Waals surface area contributed by atoms with E-state index in [0.29, 0.717) is 6.54 Å². The number of anilines is 1. The second kappa shape index (κ2) is 6.03. The maximum absolute atomic E-state index is 9.99. The fourth-order valence-corrected chi connectivity index (χ4v) is 2.71. The van der Waals surface area contributed by atoms with Gasteiger partial charge in [-0.05, 0) is 48.1 Å². The lowest BCUT2D eigenvalue weighted by molar-refractivity contribution is 0.195. The molecule has 1 atom stereocenters. The first-order valence-corrected chi connectivity index (χ1v) is 7.13. The fraction of sp³-hybridized carbons (Fsp3) is 0.333. The third kappa shape index (κ3) is 3.12. The van der Waals surface area contributed by atoms with Crippen molar-refractivity contribution in [3.8, 4) is 0 Å². The Balaban J connectivity index is 1.96. The molecule has 2 rings (SSSR count). The third-order valence-corrected chi connectivity index (χ3v) is 4.07. The van der Waals surface area contributed by atoms with E-state index < -0.39 is 6.10 Å². The second-order valence-electron chi connectivity index (χ2n) is 4.41. The Labute approximate surface area is 112 Å². The summed E-state index contributed by atoms with van der Waals surface area (Å²) in [5.74, 6) is 0. The van der Waals surface area contributed by atoms with Gasteiger partial charge in [-0.25, -0.2) is 0 Å². The van der Waals surface area contributed by atoms with Crippen LogP contribution >= 0.6 is 11.3 Å². The molecule has 0 amide bonds. The zero-order valence-corrected chi connectivity index (χ0v) is 11.6. The lowest BCUT2D eigenvalue weighted by atomic mass is 10.1. The predicted octanol–water partition coefficient (Wildman–Crippen LogP) is 3.76. The number of aryl methyl sites for hydroxylation is 2. The molecule has 1 aromatic carbocycles. The van der Waals surface area contributed by atoms with Crippen molar-refractivity contribution >= 4 is 17.0 Å². The normalized spacial score (nSPS) is 12.4. The number of benzene rings is 1. The zero-order valence-electron chi connectivity index (χ0n) is 10.8. The summed E-state index contributed by atoms with van der Waals surface area (Å²) >= 11 is 1.59. The molecule has 2 nitrogen and oxygen atoms in total. The Kier molecular flexibility index (Phi) is 4.39. The monoisotopic (exact) mass is 261 g/mol. The molecular weight excluding hydrogens is 242 g/mol. The van der Waals surface area contributed by atoms with Gasteiger partial charge in [0.15, 0.2) is 0 Å². The lowest BCUT2D eigenvalue weighted by Gasteiger charge is -2.13. The largest absolute Gasteiger partial charge is 0.386 e. The highest BCUT2D eigenvalue weighted by Gasteiger charge is 2.08. The minimum Gasteiger partial charge on any atom is -0.386 e. The maximum atomic E-state index is 9.99. The molecule has 0 fully saturated rings. The highest BCUT2D eigenvalue weighted by molar-refractivity contribution is 7.10. The molecule has 0 aliphatic carbocycles. The number of nitrogens with one attached hydrogen (secondary N) is 1. The van der Waals surface area contributed by atoms with E-state index in [2.05, 4.69) is 37.4 Å². The number of aliphatic hydroxyl groups is 1. The standard InChI is InChI=1S/C15H19NOS/c1-3-12-6-7-13(9-11(12)2)16-10-14(17)15-5-4-8-18-15/h4-9,14,16-17H,3,10H2,1-2H3. The van der Waals surface area contributed by atoms with Crippen molar-refractivity contribution in [2.75, 3.05) is 11.9 Å². The Hall–Kier alpha value is -1.32. The number of aliphatic hydroxyl groups excluding tert-OH is 1. The van der Waals surface area contributed by atoms with Gasteiger partial charge < -0.3 is 10.4 Å². The quantitative estimate of drug-likeness (QED) is 0.859. The van der Waals surface area contributed by atoms with Crippen molar-refractivity contribution in [3.63, 3.8) is 0 Å². The topological polar surface area (TPSA) is 32.3 Å². The fourth-order valence-electron chi connectivity index (χ4n) is 2.00. The van der Waals surface area contributed by atoms with Crippen LogP contribution < -0.4 is 5.32 Å². The summed E-state index contributed by atoms with van der Waals surface area (Å²) < 4.78 is 0. The van der Waals surface area contributed by atoms with Gasteiger partial charge in [-0.1, -0.05) is 19.1 Å². The van der Waals surface area contributed by atoms with Crippen molar-refractivity contribution in [2.24, 2.45) is 0 Å². The highest BCUT2D eigenvalue weighted by Crippen LogP contribution is 2.20. The van der Waals surface area contributed by atoms with Crippen LogP contribution in [-0.2, 0) is 6.42 Å². The molecule has 0 saturated carbocycles. The zero-order chi connectivity index (χ0) is 13.0. The van der Waals surface area contributed by atoms with Crippen molar-refractivity contribution in [3.05, 3.63) is 51.7 Å². The molecule has 0 spiro atoms. The summed E-state index contributed by atoms with van der Waals surface area (Å²) in [6, 6.07) is 10.3. The molecule has 0 aliphatic rings. The summed E-state index contributed by atoms with van der Waals surface area (Å²) in [5.41, 5.74) is 3.74. The van der Waals surface area contributed by atoms with Gasteiger partial charge in [0.1, 0.15) is 6.10 Å². The average molecular weight is 261 g/mol. The van der Waals surface area contributed by atoms with E-state index in [9.17, 15) is 5.11 Å². The van der Waals surface area contributed by atoms with E-state index in [1.807, 2.05) is 17.5 Å². The molecular formula is C15H19NOS. The molecule has 1 heterocycles. The van der Waals surface area contributed by atoms with Crippen molar-refractivity contribution in [1.29, 1.82) is 0 Å². The van der Waals surface area contributed by atoms with Crippen LogP contribution in [0.25, 0.3) is 0 Å². The van der Waals surface area contributed by atoms with Gasteiger partial charge in [0, 0.05) is 17.1 Å². The van der Waals surface area contributed by atoms with Crippen molar-refractivity contribution in [1.82, 2.24) is 0 Å². The van der Waals surface area contributed by atoms with E-state index in [1.165, 1.54) is 11.1 Å². The van der Waals surface area contributed by atoms with Gasteiger partial charge in [-0.2, -0.15) is 0 Å².